The molecule has 0 aliphatic heterocycles. The number of alkyl halides is 3. The van der Waals surface area contributed by atoms with Gasteiger partial charge in [-0.1, -0.05) is 36.4 Å². The fraction of sp³-hybridized carbons (Fsp3) is 0.0526. The van der Waals surface area contributed by atoms with Crippen molar-refractivity contribution in [2.45, 2.75) is 5.51 Å². The maximum absolute atomic E-state index is 12.6. The number of fused-ring (bicyclic) bond motifs is 6. The first-order valence-corrected chi connectivity index (χ1v) is 9.36. The normalized spacial score (nSPS) is 13.3. The molecule has 0 saturated carbocycles. The molecule has 3 aromatic carbocycles. The summed E-state index contributed by atoms with van der Waals surface area (Å²) in [6.07, 6.45) is 0. The number of nitrogens with zero attached hydrogens (tertiary/aromatic N) is 1. The van der Waals surface area contributed by atoms with Gasteiger partial charge in [0.1, 0.15) is 5.75 Å². The first kappa shape index (κ1) is 16.2. The van der Waals surface area contributed by atoms with E-state index in [0.717, 1.165) is 32.6 Å². The largest absolute Gasteiger partial charge is 0.534 e. The number of hydrogen-bond acceptors (Lipinski definition) is 3. The Bertz CT molecular complexity index is 1450. The predicted octanol–water partition coefficient (Wildman–Crippen LogP) is 5.07. The number of aromatic nitrogens is 1. The van der Waals surface area contributed by atoms with Gasteiger partial charge in [0.2, 0.25) is 0 Å². The van der Waals surface area contributed by atoms with Gasteiger partial charge in [0.05, 0.1) is 16.6 Å². The lowest BCUT2D eigenvalue weighted by molar-refractivity contribution is -0.0500. The fourth-order valence-corrected chi connectivity index (χ4v) is 4.09. The monoisotopic (exact) mass is 389 g/mol. The fourth-order valence-electron chi connectivity index (χ4n) is 3.64. The van der Waals surface area contributed by atoms with Gasteiger partial charge < -0.3 is 8.58 Å². The van der Waals surface area contributed by atoms with Crippen LogP contribution in [-0.4, -0.2) is 18.3 Å². The van der Waals surface area contributed by atoms with Crippen molar-refractivity contribution in [3.8, 4) is 5.75 Å². The minimum Gasteiger partial charge on any atom is -0.376 e. The summed E-state index contributed by atoms with van der Waals surface area (Å²) in [5, 5.41) is 3.76. The average molecular weight is 389 g/mol. The van der Waals surface area contributed by atoms with E-state index in [1.165, 1.54) is 12.1 Å². The lowest BCUT2D eigenvalue weighted by Crippen LogP contribution is -2.28. The summed E-state index contributed by atoms with van der Waals surface area (Å²) in [5.74, 6) is -0.384. The van der Waals surface area contributed by atoms with Crippen molar-refractivity contribution in [3.05, 3.63) is 60.7 Å². The van der Waals surface area contributed by atoms with Gasteiger partial charge in [-0.15, -0.1) is 0 Å². The minimum absolute atomic E-state index is 0.384. The van der Waals surface area contributed by atoms with Gasteiger partial charge in [0.25, 0.3) is 0 Å². The summed E-state index contributed by atoms with van der Waals surface area (Å²) in [5.41, 5.74) is -3.08. The van der Waals surface area contributed by atoms with Gasteiger partial charge >= 0.3 is 15.6 Å². The van der Waals surface area contributed by atoms with Crippen molar-refractivity contribution in [3.63, 3.8) is 0 Å². The minimum atomic E-state index is -5.73. The molecule has 0 atom stereocenters. The third kappa shape index (κ3) is 2.13. The standard InChI is InChI=1S/C19H10F3NO3S/c20-19(21,22)27(24,25)26-11-8-9-13-15-6-3-5-14-12-4-1-2-7-16(12)23(18(14)15)17(13)10-11/h1-10H. The lowest BCUT2D eigenvalue weighted by atomic mass is 10.1. The number of rotatable bonds is 2. The van der Waals surface area contributed by atoms with E-state index in [0.29, 0.717) is 5.52 Å². The number of para-hydroxylation sites is 2. The Morgan fingerprint density at radius 2 is 1.41 bits per heavy atom. The van der Waals surface area contributed by atoms with Crippen LogP contribution in [0.3, 0.4) is 0 Å². The van der Waals surface area contributed by atoms with Crippen LogP contribution in [-0.2, 0) is 10.1 Å². The molecule has 0 bridgehead atoms. The van der Waals surface area contributed by atoms with E-state index in [9.17, 15) is 21.6 Å². The van der Waals surface area contributed by atoms with Crippen LogP contribution in [0.2, 0.25) is 0 Å². The third-order valence-corrected chi connectivity index (χ3v) is 5.66. The Hall–Kier alpha value is -3.00. The van der Waals surface area contributed by atoms with Gasteiger partial charge in [0, 0.05) is 27.6 Å². The number of benzene rings is 3. The summed E-state index contributed by atoms with van der Waals surface area (Å²) in [6, 6.07) is 17.6. The highest BCUT2D eigenvalue weighted by Crippen LogP contribution is 2.40. The molecular formula is C19H10F3NO3S. The van der Waals surface area contributed by atoms with E-state index in [2.05, 4.69) is 4.18 Å². The van der Waals surface area contributed by atoms with Crippen LogP contribution in [0.15, 0.2) is 60.7 Å². The first-order chi connectivity index (χ1) is 12.8. The molecule has 5 rings (SSSR count). The second kappa shape index (κ2) is 5.04. The molecule has 2 heterocycles. The topological polar surface area (TPSA) is 47.8 Å². The number of halogens is 3. The number of hydrogen-bond donors (Lipinski definition) is 0. The Morgan fingerprint density at radius 3 is 2.11 bits per heavy atom. The quantitative estimate of drug-likeness (QED) is 0.313. The Morgan fingerprint density at radius 1 is 0.778 bits per heavy atom. The molecule has 0 fully saturated rings. The van der Waals surface area contributed by atoms with Gasteiger partial charge in [0.15, 0.2) is 0 Å². The van der Waals surface area contributed by atoms with Crippen LogP contribution in [0.1, 0.15) is 0 Å². The Kier molecular flexibility index (Phi) is 3.02. The summed E-state index contributed by atoms with van der Waals surface area (Å²) < 4.78 is 66.8. The van der Waals surface area contributed by atoms with Crippen molar-refractivity contribution < 1.29 is 25.8 Å². The van der Waals surface area contributed by atoms with E-state index in [4.69, 9.17) is 0 Å². The Labute approximate surface area is 150 Å². The van der Waals surface area contributed by atoms with Crippen molar-refractivity contribution in [2.24, 2.45) is 0 Å². The molecule has 0 aliphatic rings. The molecule has 0 amide bonds. The molecule has 0 aliphatic carbocycles. The smallest absolute Gasteiger partial charge is 0.376 e. The van der Waals surface area contributed by atoms with Crippen LogP contribution in [0, 0.1) is 0 Å². The van der Waals surface area contributed by atoms with E-state index >= 15 is 0 Å². The molecule has 0 spiro atoms. The molecule has 136 valence electrons. The highest BCUT2D eigenvalue weighted by atomic mass is 32.2. The summed E-state index contributed by atoms with van der Waals surface area (Å²) >= 11 is 0. The average Bonchev–Trinajstić information content (AvgIpc) is 3.12. The molecule has 8 heteroatoms. The zero-order valence-corrected chi connectivity index (χ0v) is 14.3. The molecule has 2 aromatic heterocycles. The van der Waals surface area contributed by atoms with Gasteiger partial charge in [-0.25, -0.2) is 0 Å². The summed E-state index contributed by atoms with van der Waals surface area (Å²) in [4.78, 5) is 0. The van der Waals surface area contributed by atoms with Crippen LogP contribution < -0.4 is 4.18 Å². The predicted molar refractivity (Wildman–Crippen MR) is 96.7 cm³/mol. The van der Waals surface area contributed by atoms with Crippen LogP contribution in [0.4, 0.5) is 13.2 Å². The molecule has 0 radical (unpaired) electrons. The van der Waals surface area contributed by atoms with E-state index in [1.54, 1.807) is 6.07 Å². The molecular weight excluding hydrogens is 379 g/mol. The molecule has 0 saturated heterocycles. The molecule has 0 N–H and O–H groups in total. The van der Waals surface area contributed by atoms with Gasteiger partial charge in [-0.3, -0.25) is 0 Å². The zero-order valence-electron chi connectivity index (χ0n) is 13.5. The zero-order chi connectivity index (χ0) is 19.0. The van der Waals surface area contributed by atoms with Crippen molar-refractivity contribution in [1.82, 2.24) is 4.40 Å². The molecule has 0 unspecified atom stereocenters. The van der Waals surface area contributed by atoms with Crippen LogP contribution in [0.5, 0.6) is 5.75 Å². The Balaban J connectivity index is 1.85. The van der Waals surface area contributed by atoms with Crippen molar-refractivity contribution >= 4 is 48.2 Å². The van der Waals surface area contributed by atoms with E-state index in [-0.39, 0.29) is 5.75 Å². The summed E-state index contributed by atoms with van der Waals surface area (Å²) in [7, 11) is -5.73. The highest BCUT2D eigenvalue weighted by molar-refractivity contribution is 7.88. The van der Waals surface area contributed by atoms with E-state index < -0.39 is 15.6 Å². The molecule has 27 heavy (non-hydrogen) atoms. The third-order valence-electron chi connectivity index (χ3n) is 4.68. The van der Waals surface area contributed by atoms with Crippen molar-refractivity contribution in [2.75, 3.05) is 0 Å². The second-order valence-electron chi connectivity index (χ2n) is 6.22. The van der Waals surface area contributed by atoms with Crippen molar-refractivity contribution in [1.29, 1.82) is 0 Å². The van der Waals surface area contributed by atoms with Crippen LogP contribution >= 0.6 is 0 Å². The maximum Gasteiger partial charge on any atom is 0.534 e. The lowest BCUT2D eigenvalue weighted by Gasteiger charge is -2.09. The van der Waals surface area contributed by atoms with Gasteiger partial charge in [-0.05, 0) is 18.2 Å². The molecule has 4 nitrogen and oxygen atoms in total. The van der Waals surface area contributed by atoms with Crippen LogP contribution in [0.25, 0.3) is 38.1 Å². The maximum atomic E-state index is 12.6. The second-order valence-corrected chi connectivity index (χ2v) is 7.75. The van der Waals surface area contributed by atoms with E-state index in [1.807, 2.05) is 46.9 Å². The summed E-state index contributed by atoms with van der Waals surface area (Å²) in [6.45, 7) is 0. The molecule has 5 aromatic rings. The SMILES string of the molecule is O=S(=O)(Oc1ccc2c3cccc4c5ccccc5n(c2c1)c43)C(F)(F)F. The highest BCUT2D eigenvalue weighted by Gasteiger charge is 2.48. The first-order valence-electron chi connectivity index (χ1n) is 7.96. The van der Waals surface area contributed by atoms with Gasteiger partial charge in [-0.2, -0.15) is 21.6 Å².